The molecule has 7 heteroatoms. The molecular formula is C16H11NO5S. The van der Waals surface area contributed by atoms with Crippen LogP contribution in [-0.2, 0) is 9.53 Å². The van der Waals surface area contributed by atoms with Crippen molar-refractivity contribution in [2.75, 3.05) is 7.11 Å². The normalized spacial score (nSPS) is 15.8. The number of ether oxygens (including phenoxy) is 1. The van der Waals surface area contributed by atoms with Crippen LogP contribution < -0.4 is 5.32 Å². The molecule has 0 radical (unpaired) electrons. The van der Waals surface area contributed by atoms with Crippen LogP contribution in [0.2, 0.25) is 0 Å². The van der Waals surface area contributed by atoms with Gasteiger partial charge in [0.1, 0.15) is 11.5 Å². The lowest BCUT2D eigenvalue weighted by Gasteiger charge is -2.00. The van der Waals surface area contributed by atoms with E-state index < -0.39 is 17.1 Å². The zero-order chi connectivity index (χ0) is 16.4. The number of amides is 2. The maximum Gasteiger partial charge on any atom is 0.337 e. The van der Waals surface area contributed by atoms with Crippen molar-refractivity contribution >= 4 is 35.0 Å². The molecule has 1 aromatic heterocycles. The Balaban J connectivity index is 1.82. The van der Waals surface area contributed by atoms with Crippen LogP contribution in [0.5, 0.6) is 0 Å². The van der Waals surface area contributed by atoms with E-state index >= 15 is 0 Å². The third-order valence-corrected chi connectivity index (χ3v) is 3.94. The van der Waals surface area contributed by atoms with Gasteiger partial charge in [0.15, 0.2) is 0 Å². The van der Waals surface area contributed by atoms with E-state index in [1.54, 1.807) is 36.4 Å². The monoisotopic (exact) mass is 329 g/mol. The molecule has 0 unspecified atom stereocenters. The van der Waals surface area contributed by atoms with Gasteiger partial charge in [-0.05, 0) is 36.0 Å². The predicted molar refractivity (Wildman–Crippen MR) is 84.6 cm³/mol. The molecule has 1 aliphatic heterocycles. The maximum atomic E-state index is 11.5. The fourth-order valence-electron chi connectivity index (χ4n) is 2.02. The van der Waals surface area contributed by atoms with Crippen LogP contribution >= 0.6 is 11.8 Å². The summed E-state index contributed by atoms with van der Waals surface area (Å²) in [5.74, 6) is 0.211. The molecule has 1 aliphatic rings. The van der Waals surface area contributed by atoms with E-state index in [-0.39, 0.29) is 4.91 Å². The average Bonchev–Trinajstić information content (AvgIpc) is 3.14. The molecule has 6 nitrogen and oxygen atoms in total. The Morgan fingerprint density at radius 2 is 1.91 bits per heavy atom. The minimum atomic E-state index is -0.430. The number of carbonyl (C=O) groups excluding carboxylic acids is 3. The van der Waals surface area contributed by atoms with Gasteiger partial charge in [0.05, 0.1) is 17.6 Å². The van der Waals surface area contributed by atoms with E-state index in [0.29, 0.717) is 17.1 Å². The lowest BCUT2D eigenvalue weighted by Crippen LogP contribution is -2.17. The van der Waals surface area contributed by atoms with Gasteiger partial charge in [-0.25, -0.2) is 4.79 Å². The summed E-state index contributed by atoms with van der Waals surface area (Å²) in [6, 6.07) is 10.2. The smallest absolute Gasteiger partial charge is 0.337 e. The van der Waals surface area contributed by atoms with Crippen molar-refractivity contribution in [3.05, 3.63) is 52.6 Å². The van der Waals surface area contributed by atoms with Gasteiger partial charge in [0, 0.05) is 11.6 Å². The summed E-state index contributed by atoms with van der Waals surface area (Å²) < 4.78 is 10.3. The van der Waals surface area contributed by atoms with Crippen LogP contribution in [-0.4, -0.2) is 24.2 Å². The van der Waals surface area contributed by atoms with Gasteiger partial charge < -0.3 is 9.15 Å². The van der Waals surface area contributed by atoms with E-state index in [4.69, 9.17) is 4.42 Å². The Morgan fingerprint density at radius 1 is 1.17 bits per heavy atom. The second kappa shape index (κ2) is 6.13. The fourth-order valence-corrected chi connectivity index (χ4v) is 2.69. The molecule has 1 N–H and O–H groups in total. The van der Waals surface area contributed by atoms with Crippen LogP contribution in [0.25, 0.3) is 17.4 Å². The minimum absolute atomic E-state index is 0.289. The Bertz CT molecular complexity index is 819. The molecule has 3 rings (SSSR count). The number of methoxy groups -OCH3 is 1. The first-order chi connectivity index (χ1) is 11.1. The van der Waals surface area contributed by atoms with Crippen molar-refractivity contribution in [3.8, 4) is 11.3 Å². The Kier molecular flexibility index (Phi) is 4.03. The van der Waals surface area contributed by atoms with Gasteiger partial charge in [0.2, 0.25) is 0 Å². The molecule has 1 aromatic carbocycles. The van der Waals surface area contributed by atoms with Gasteiger partial charge in [-0.3, -0.25) is 14.9 Å². The molecule has 0 bridgehead atoms. The number of nitrogens with one attached hydrogen (secondary N) is 1. The summed E-state index contributed by atoms with van der Waals surface area (Å²) in [5, 5.41) is 1.78. The number of rotatable bonds is 3. The molecule has 1 fully saturated rings. The van der Waals surface area contributed by atoms with E-state index in [0.717, 1.165) is 17.3 Å². The molecule has 0 spiro atoms. The van der Waals surface area contributed by atoms with Crippen molar-refractivity contribution in [1.29, 1.82) is 0 Å². The van der Waals surface area contributed by atoms with Crippen molar-refractivity contribution in [2.24, 2.45) is 0 Å². The van der Waals surface area contributed by atoms with Crippen molar-refractivity contribution < 1.29 is 23.5 Å². The molecule has 2 amide bonds. The highest BCUT2D eigenvalue weighted by atomic mass is 32.2. The highest BCUT2D eigenvalue weighted by molar-refractivity contribution is 8.18. The van der Waals surface area contributed by atoms with Crippen molar-refractivity contribution in [3.63, 3.8) is 0 Å². The van der Waals surface area contributed by atoms with Crippen LogP contribution in [0.15, 0.2) is 45.7 Å². The van der Waals surface area contributed by atoms with Crippen LogP contribution in [0.3, 0.4) is 0 Å². The number of esters is 1. The summed E-state index contributed by atoms with van der Waals surface area (Å²) in [6.45, 7) is 0. The Morgan fingerprint density at radius 3 is 2.52 bits per heavy atom. The number of carbonyl (C=O) groups is 3. The first-order valence-corrected chi connectivity index (χ1v) is 7.42. The molecular weight excluding hydrogens is 318 g/mol. The lowest BCUT2D eigenvalue weighted by atomic mass is 10.1. The first-order valence-electron chi connectivity index (χ1n) is 6.60. The second-order valence-electron chi connectivity index (χ2n) is 4.62. The topological polar surface area (TPSA) is 85.6 Å². The maximum absolute atomic E-state index is 11.5. The summed E-state index contributed by atoms with van der Waals surface area (Å²) >= 11 is 0.831. The number of benzene rings is 1. The van der Waals surface area contributed by atoms with Crippen LogP contribution in [0.4, 0.5) is 4.79 Å². The first kappa shape index (κ1) is 15.1. The summed E-state index contributed by atoms with van der Waals surface area (Å²) in [7, 11) is 1.32. The number of imide groups is 1. The number of hydrogen-bond acceptors (Lipinski definition) is 6. The third-order valence-electron chi connectivity index (χ3n) is 3.13. The van der Waals surface area contributed by atoms with E-state index in [1.165, 1.54) is 13.2 Å². The Hall–Kier alpha value is -2.80. The van der Waals surface area contributed by atoms with E-state index in [2.05, 4.69) is 10.1 Å². The van der Waals surface area contributed by atoms with Gasteiger partial charge >= 0.3 is 5.97 Å². The zero-order valence-corrected chi connectivity index (χ0v) is 12.8. The number of hydrogen-bond donors (Lipinski definition) is 1. The molecule has 2 heterocycles. The number of thioether (sulfide) groups is 1. The predicted octanol–water partition coefficient (Wildman–Crippen LogP) is 3.06. The molecule has 1 saturated heterocycles. The lowest BCUT2D eigenvalue weighted by molar-refractivity contribution is -0.115. The fraction of sp³-hybridized carbons (Fsp3) is 0.0625. The van der Waals surface area contributed by atoms with Gasteiger partial charge in [-0.15, -0.1) is 0 Å². The zero-order valence-electron chi connectivity index (χ0n) is 12.0. The van der Waals surface area contributed by atoms with Gasteiger partial charge in [-0.1, -0.05) is 12.1 Å². The molecule has 0 aliphatic carbocycles. The molecule has 0 atom stereocenters. The summed E-state index contributed by atoms with van der Waals surface area (Å²) in [4.78, 5) is 34.3. The third kappa shape index (κ3) is 3.19. The molecule has 2 aromatic rings. The van der Waals surface area contributed by atoms with Gasteiger partial charge in [0.25, 0.3) is 11.1 Å². The largest absolute Gasteiger partial charge is 0.465 e. The van der Waals surface area contributed by atoms with Gasteiger partial charge in [-0.2, -0.15) is 0 Å². The van der Waals surface area contributed by atoms with Crippen LogP contribution in [0, 0.1) is 0 Å². The molecule has 0 saturated carbocycles. The summed E-state index contributed by atoms with van der Waals surface area (Å²) in [5.41, 5.74) is 1.23. The van der Waals surface area contributed by atoms with Crippen molar-refractivity contribution in [1.82, 2.24) is 5.32 Å². The second-order valence-corrected chi connectivity index (χ2v) is 5.64. The van der Waals surface area contributed by atoms with E-state index in [9.17, 15) is 14.4 Å². The SMILES string of the molecule is COC(=O)c1ccc(-c2ccc(/C=C3\SC(=O)NC3=O)o2)cc1. The highest BCUT2D eigenvalue weighted by Crippen LogP contribution is 2.28. The van der Waals surface area contributed by atoms with Crippen LogP contribution in [0.1, 0.15) is 16.1 Å². The Labute approximate surface area is 135 Å². The standard InChI is InChI=1S/C16H11NO5S/c1-21-15(19)10-4-2-9(3-5-10)12-7-6-11(22-12)8-13-14(18)17-16(20)23-13/h2-8H,1H3,(H,17,18,20)/b13-8-. The van der Waals surface area contributed by atoms with Crippen molar-refractivity contribution in [2.45, 2.75) is 0 Å². The van der Waals surface area contributed by atoms with E-state index in [1.807, 2.05) is 0 Å². The highest BCUT2D eigenvalue weighted by Gasteiger charge is 2.25. The number of furan rings is 1. The quantitative estimate of drug-likeness (QED) is 0.688. The molecule has 23 heavy (non-hydrogen) atoms. The summed E-state index contributed by atoms with van der Waals surface area (Å²) in [6.07, 6.45) is 1.51. The average molecular weight is 329 g/mol. The molecule has 116 valence electrons. The minimum Gasteiger partial charge on any atom is -0.465 e.